The molecule has 0 aliphatic carbocycles. The van der Waals surface area contributed by atoms with Gasteiger partial charge in [-0.3, -0.25) is 0 Å². The van der Waals surface area contributed by atoms with Crippen molar-refractivity contribution >= 4 is 21.6 Å². The molecule has 0 aliphatic heterocycles. The maximum Gasteiger partial charge on any atom is 0.402 e. The summed E-state index contributed by atoms with van der Waals surface area (Å²) in [5.74, 6) is 0. The highest BCUT2D eigenvalue weighted by Gasteiger charge is 2.39. The Morgan fingerprint density at radius 2 is 1.90 bits per heavy atom. The molecule has 1 aromatic carbocycles. The molecular formula is C12H16ClF3N2O2S. The van der Waals surface area contributed by atoms with Crippen molar-refractivity contribution in [1.29, 1.82) is 0 Å². The first-order valence-electron chi connectivity index (χ1n) is 6.06. The van der Waals surface area contributed by atoms with Crippen molar-refractivity contribution in [2.45, 2.75) is 37.5 Å². The van der Waals surface area contributed by atoms with Crippen LogP contribution in [0, 0.1) is 0 Å². The van der Waals surface area contributed by atoms with Gasteiger partial charge in [-0.1, -0.05) is 17.7 Å². The highest BCUT2D eigenvalue weighted by Crippen LogP contribution is 2.29. The summed E-state index contributed by atoms with van der Waals surface area (Å²) in [5, 5.41) is -0.147. The van der Waals surface area contributed by atoms with Crippen molar-refractivity contribution in [2.75, 3.05) is 6.54 Å². The number of hydrogen-bond acceptors (Lipinski definition) is 3. The maximum atomic E-state index is 12.6. The molecule has 21 heavy (non-hydrogen) atoms. The fourth-order valence-electron chi connectivity index (χ4n) is 1.73. The van der Waals surface area contributed by atoms with Crippen LogP contribution in [0.5, 0.6) is 0 Å². The molecule has 0 unspecified atom stereocenters. The van der Waals surface area contributed by atoms with Gasteiger partial charge in [-0.2, -0.15) is 17.5 Å². The van der Waals surface area contributed by atoms with Crippen LogP contribution in [-0.4, -0.2) is 31.5 Å². The third-order valence-corrected chi connectivity index (χ3v) is 5.23. The standard InChI is InChI=1S/C12H16ClF3N2O2S/c1-8(2)18(7-12(14,15)16)21(19,20)11-4-3-9(6-17)5-10(11)13/h3-5,8H,6-7,17H2,1-2H3. The number of benzene rings is 1. The van der Waals surface area contributed by atoms with Gasteiger partial charge in [0, 0.05) is 12.6 Å². The highest BCUT2D eigenvalue weighted by molar-refractivity contribution is 7.89. The summed E-state index contributed by atoms with van der Waals surface area (Å²) in [6.45, 7) is 1.31. The zero-order valence-electron chi connectivity index (χ0n) is 11.5. The molecule has 0 saturated carbocycles. The normalized spacial score (nSPS) is 13.2. The van der Waals surface area contributed by atoms with Crippen LogP contribution in [0.25, 0.3) is 0 Å². The summed E-state index contributed by atoms with van der Waals surface area (Å²) in [4.78, 5) is -0.362. The topological polar surface area (TPSA) is 63.4 Å². The fraction of sp³-hybridized carbons (Fsp3) is 0.500. The Morgan fingerprint density at radius 3 is 2.29 bits per heavy atom. The molecule has 0 spiro atoms. The van der Waals surface area contributed by atoms with Crippen LogP contribution in [0.2, 0.25) is 5.02 Å². The Balaban J connectivity index is 3.30. The van der Waals surface area contributed by atoms with E-state index in [0.29, 0.717) is 9.87 Å². The van der Waals surface area contributed by atoms with Gasteiger partial charge in [-0.15, -0.1) is 0 Å². The molecule has 0 bridgehead atoms. The van der Waals surface area contributed by atoms with Crippen LogP contribution in [0.1, 0.15) is 19.4 Å². The number of nitrogens with zero attached hydrogens (tertiary/aromatic N) is 1. The summed E-state index contributed by atoms with van der Waals surface area (Å²) in [7, 11) is -4.35. The quantitative estimate of drug-likeness (QED) is 0.893. The first kappa shape index (κ1) is 18.2. The van der Waals surface area contributed by atoms with E-state index in [4.69, 9.17) is 17.3 Å². The Hall–Kier alpha value is -0.830. The lowest BCUT2D eigenvalue weighted by Gasteiger charge is -2.27. The second kappa shape index (κ2) is 6.51. The van der Waals surface area contributed by atoms with E-state index in [-0.39, 0.29) is 16.5 Å². The average Bonchev–Trinajstić information content (AvgIpc) is 2.33. The van der Waals surface area contributed by atoms with Crippen molar-refractivity contribution in [3.63, 3.8) is 0 Å². The SMILES string of the molecule is CC(C)N(CC(F)(F)F)S(=O)(=O)c1ccc(CN)cc1Cl. The molecule has 4 nitrogen and oxygen atoms in total. The molecule has 0 amide bonds. The van der Waals surface area contributed by atoms with Crippen molar-refractivity contribution in [3.05, 3.63) is 28.8 Å². The van der Waals surface area contributed by atoms with E-state index in [1.54, 1.807) is 0 Å². The Labute approximate surface area is 126 Å². The van der Waals surface area contributed by atoms with Gasteiger partial charge < -0.3 is 5.73 Å². The molecule has 0 heterocycles. The molecular weight excluding hydrogens is 329 g/mol. The van der Waals surface area contributed by atoms with Crippen LogP contribution in [0.3, 0.4) is 0 Å². The fourth-order valence-corrected chi connectivity index (χ4v) is 3.89. The third kappa shape index (κ3) is 4.57. The summed E-state index contributed by atoms with van der Waals surface area (Å²) in [5.41, 5.74) is 5.99. The van der Waals surface area contributed by atoms with Gasteiger partial charge in [0.15, 0.2) is 0 Å². The van der Waals surface area contributed by atoms with Crippen LogP contribution in [-0.2, 0) is 16.6 Å². The molecule has 2 N–H and O–H groups in total. The Bertz CT molecular complexity index is 603. The lowest BCUT2D eigenvalue weighted by Crippen LogP contribution is -2.43. The predicted molar refractivity (Wildman–Crippen MR) is 74.4 cm³/mol. The number of rotatable bonds is 5. The van der Waals surface area contributed by atoms with Crippen LogP contribution < -0.4 is 5.73 Å². The largest absolute Gasteiger partial charge is 0.402 e. The van der Waals surface area contributed by atoms with Crippen LogP contribution in [0.4, 0.5) is 13.2 Å². The second-order valence-corrected chi connectivity index (χ2v) is 6.99. The van der Waals surface area contributed by atoms with E-state index in [2.05, 4.69) is 0 Å². The minimum atomic E-state index is -4.64. The minimum Gasteiger partial charge on any atom is -0.326 e. The molecule has 1 aromatic rings. The zero-order chi connectivity index (χ0) is 16.4. The van der Waals surface area contributed by atoms with Crippen LogP contribution >= 0.6 is 11.6 Å². The summed E-state index contributed by atoms with van der Waals surface area (Å²) in [6.07, 6.45) is -4.64. The molecule has 1 rings (SSSR count). The van der Waals surface area contributed by atoms with Gasteiger partial charge in [-0.25, -0.2) is 8.42 Å². The third-order valence-electron chi connectivity index (χ3n) is 2.73. The highest BCUT2D eigenvalue weighted by atomic mass is 35.5. The van der Waals surface area contributed by atoms with Gasteiger partial charge in [0.25, 0.3) is 0 Å². The lowest BCUT2D eigenvalue weighted by atomic mass is 10.2. The van der Waals surface area contributed by atoms with Gasteiger partial charge in [0.2, 0.25) is 10.0 Å². The van der Waals surface area contributed by atoms with Gasteiger partial charge in [0.1, 0.15) is 11.4 Å². The van der Waals surface area contributed by atoms with Crippen molar-refractivity contribution in [2.24, 2.45) is 5.73 Å². The van der Waals surface area contributed by atoms with Gasteiger partial charge >= 0.3 is 6.18 Å². The Kier molecular flexibility index (Phi) is 5.65. The van der Waals surface area contributed by atoms with E-state index in [0.717, 1.165) is 0 Å². The molecule has 0 radical (unpaired) electrons. The van der Waals surface area contributed by atoms with E-state index >= 15 is 0 Å². The number of sulfonamides is 1. The summed E-state index contributed by atoms with van der Waals surface area (Å²) >= 11 is 5.87. The van der Waals surface area contributed by atoms with Gasteiger partial charge in [0.05, 0.1) is 5.02 Å². The molecule has 9 heteroatoms. The molecule has 0 saturated heterocycles. The van der Waals surface area contributed by atoms with Crippen molar-refractivity contribution in [3.8, 4) is 0 Å². The lowest BCUT2D eigenvalue weighted by molar-refractivity contribution is -0.138. The Morgan fingerprint density at radius 1 is 1.33 bits per heavy atom. The number of halogens is 4. The first-order chi connectivity index (χ1) is 9.49. The monoisotopic (exact) mass is 344 g/mol. The molecule has 0 aromatic heterocycles. The first-order valence-corrected chi connectivity index (χ1v) is 7.88. The minimum absolute atomic E-state index is 0.147. The predicted octanol–water partition coefficient (Wildman–Crippen LogP) is 2.76. The zero-order valence-corrected chi connectivity index (χ0v) is 13.1. The van der Waals surface area contributed by atoms with E-state index in [1.807, 2.05) is 0 Å². The van der Waals surface area contributed by atoms with Crippen molar-refractivity contribution < 1.29 is 21.6 Å². The molecule has 0 atom stereocenters. The summed E-state index contributed by atoms with van der Waals surface area (Å²) < 4.78 is 62.9. The number of nitrogens with two attached hydrogens (primary N) is 1. The molecule has 0 aliphatic rings. The number of hydrogen-bond donors (Lipinski definition) is 1. The average molecular weight is 345 g/mol. The van der Waals surface area contributed by atoms with Crippen LogP contribution in [0.15, 0.2) is 23.1 Å². The van der Waals surface area contributed by atoms with E-state index in [9.17, 15) is 21.6 Å². The van der Waals surface area contributed by atoms with E-state index < -0.39 is 28.8 Å². The molecule has 120 valence electrons. The summed E-state index contributed by atoms with van der Waals surface area (Å²) in [6, 6.07) is 3.07. The van der Waals surface area contributed by atoms with Crippen molar-refractivity contribution in [1.82, 2.24) is 4.31 Å². The second-order valence-electron chi connectivity index (χ2n) is 4.73. The number of alkyl halides is 3. The smallest absolute Gasteiger partial charge is 0.326 e. The van der Waals surface area contributed by atoms with Gasteiger partial charge in [-0.05, 0) is 31.5 Å². The van der Waals surface area contributed by atoms with E-state index in [1.165, 1.54) is 32.0 Å². The maximum absolute atomic E-state index is 12.6. The molecule has 0 fully saturated rings.